The molecule has 0 radical (unpaired) electrons. The van der Waals surface area contributed by atoms with E-state index in [-0.39, 0.29) is 5.91 Å². The highest BCUT2D eigenvalue weighted by Gasteiger charge is 2.16. The van der Waals surface area contributed by atoms with Gasteiger partial charge in [0, 0.05) is 18.9 Å². The van der Waals surface area contributed by atoms with Gasteiger partial charge in [0.15, 0.2) is 0 Å². The van der Waals surface area contributed by atoms with Gasteiger partial charge < -0.3 is 9.42 Å². The lowest BCUT2D eigenvalue weighted by Crippen LogP contribution is -2.28. The Hall–Kier alpha value is -0.840. The molecule has 1 heterocycles. The monoisotopic (exact) mass is 260 g/mol. The Morgan fingerprint density at radius 3 is 2.93 bits per heavy atom. The van der Waals surface area contributed by atoms with E-state index in [0.717, 1.165) is 18.3 Å². The maximum atomic E-state index is 11.7. The van der Waals surface area contributed by atoms with Crippen molar-refractivity contribution in [3.63, 3.8) is 0 Å². The van der Waals surface area contributed by atoms with Crippen LogP contribution in [0.25, 0.3) is 0 Å². The van der Waals surface area contributed by atoms with E-state index in [1.165, 1.54) is 6.20 Å². The fraction of sp³-hybridized carbons (Fsp3) is 0.556. The maximum Gasteiger partial charge on any atom is 0.258 e. The number of aryl methyl sites for hydroxylation is 1. The van der Waals surface area contributed by atoms with Crippen molar-refractivity contribution in [2.45, 2.75) is 13.3 Å². The summed E-state index contributed by atoms with van der Waals surface area (Å²) in [6.07, 6.45) is 2.40. The minimum absolute atomic E-state index is 0.0373. The molecule has 0 aliphatic heterocycles. The predicted octanol–water partition coefficient (Wildman–Crippen LogP) is 1.84. The molecule has 0 spiro atoms. The number of nitrogens with zero attached hydrogens (tertiary/aromatic N) is 2. The van der Waals surface area contributed by atoms with Crippen LogP contribution >= 0.6 is 15.9 Å². The summed E-state index contributed by atoms with van der Waals surface area (Å²) in [5.41, 5.74) is 0.544. The molecule has 0 atom stereocenters. The summed E-state index contributed by atoms with van der Waals surface area (Å²) in [5.74, 6) is 0.533. The van der Waals surface area contributed by atoms with Crippen molar-refractivity contribution < 1.29 is 9.32 Å². The first-order valence-corrected chi connectivity index (χ1v) is 5.51. The molecule has 1 aromatic heterocycles. The van der Waals surface area contributed by atoms with E-state index in [9.17, 15) is 4.79 Å². The summed E-state index contributed by atoms with van der Waals surface area (Å²) in [6.45, 7) is 2.47. The third-order valence-corrected chi connectivity index (χ3v) is 2.52. The summed E-state index contributed by atoms with van der Waals surface area (Å²) >= 11 is 3.32. The largest absolute Gasteiger partial charge is 0.361 e. The summed E-state index contributed by atoms with van der Waals surface area (Å²) < 4.78 is 4.83. The quantitative estimate of drug-likeness (QED) is 0.777. The van der Waals surface area contributed by atoms with Gasteiger partial charge in [-0.1, -0.05) is 21.1 Å². The van der Waals surface area contributed by atoms with Gasteiger partial charge >= 0.3 is 0 Å². The molecule has 0 unspecified atom stereocenters. The van der Waals surface area contributed by atoms with Crippen LogP contribution in [-0.4, -0.2) is 34.9 Å². The highest BCUT2D eigenvalue weighted by Crippen LogP contribution is 2.09. The normalized spacial score (nSPS) is 10.2. The molecule has 1 rings (SSSR count). The predicted molar refractivity (Wildman–Crippen MR) is 56.6 cm³/mol. The first kappa shape index (κ1) is 11.2. The number of hydrogen-bond donors (Lipinski definition) is 0. The van der Waals surface area contributed by atoms with Gasteiger partial charge in [0.25, 0.3) is 5.91 Å². The zero-order valence-electron chi connectivity index (χ0n) is 8.29. The Morgan fingerprint density at radius 2 is 2.43 bits per heavy atom. The van der Waals surface area contributed by atoms with Crippen molar-refractivity contribution in [2.24, 2.45) is 0 Å². The first-order valence-electron chi connectivity index (χ1n) is 4.39. The lowest BCUT2D eigenvalue weighted by molar-refractivity contribution is 0.0794. The second-order valence-corrected chi connectivity index (χ2v) is 3.86. The maximum absolute atomic E-state index is 11.7. The van der Waals surface area contributed by atoms with Crippen LogP contribution in [0.5, 0.6) is 0 Å². The van der Waals surface area contributed by atoms with Crippen LogP contribution in [0.15, 0.2) is 10.7 Å². The molecule has 0 N–H and O–H groups in total. The van der Waals surface area contributed by atoms with Crippen LogP contribution in [0.3, 0.4) is 0 Å². The highest BCUT2D eigenvalue weighted by atomic mass is 79.9. The number of rotatable bonds is 4. The van der Waals surface area contributed by atoms with E-state index in [2.05, 4.69) is 21.1 Å². The van der Waals surface area contributed by atoms with E-state index in [4.69, 9.17) is 4.52 Å². The lowest BCUT2D eigenvalue weighted by Gasteiger charge is -2.15. The van der Waals surface area contributed by atoms with Gasteiger partial charge in [-0.3, -0.25) is 4.79 Å². The van der Waals surface area contributed by atoms with Crippen molar-refractivity contribution in [3.8, 4) is 0 Å². The van der Waals surface area contributed by atoms with Crippen molar-refractivity contribution in [1.29, 1.82) is 0 Å². The third kappa shape index (κ3) is 2.57. The van der Waals surface area contributed by atoms with E-state index < -0.39 is 0 Å². The van der Waals surface area contributed by atoms with Gasteiger partial charge in [0.1, 0.15) is 11.3 Å². The van der Waals surface area contributed by atoms with Crippen molar-refractivity contribution in [1.82, 2.24) is 10.1 Å². The van der Waals surface area contributed by atoms with Gasteiger partial charge in [0.05, 0.1) is 6.20 Å². The van der Waals surface area contributed by atoms with Crippen LogP contribution < -0.4 is 0 Å². The van der Waals surface area contributed by atoms with Crippen molar-refractivity contribution >= 4 is 21.8 Å². The number of carbonyl (C=O) groups excluding carboxylic acids is 1. The van der Waals surface area contributed by atoms with Crippen LogP contribution in [0.1, 0.15) is 22.5 Å². The fourth-order valence-corrected chi connectivity index (χ4v) is 1.36. The Balaban J connectivity index is 2.61. The Kier molecular flexibility index (Phi) is 4.13. The molecule has 0 aliphatic rings. The Bertz CT molecular complexity index is 312. The number of amides is 1. The zero-order chi connectivity index (χ0) is 10.6. The molecule has 4 nitrogen and oxygen atoms in total. The summed E-state index contributed by atoms with van der Waals surface area (Å²) in [5, 5.41) is 4.47. The van der Waals surface area contributed by atoms with Gasteiger partial charge in [-0.05, 0) is 13.3 Å². The summed E-state index contributed by atoms with van der Waals surface area (Å²) in [7, 11) is 1.78. The molecule has 0 saturated heterocycles. The molecule has 0 bridgehead atoms. The first-order chi connectivity index (χ1) is 6.66. The highest BCUT2D eigenvalue weighted by molar-refractivity contribution is 9.09. The number of aromatic nitrogens is 1. The number of halogens is 1. The van der Waals surface area contributed by atoms with E-state index in [0.29, 0.717) is 11.3 Å². The Labute approximate surface area is 91.4 Å². The Morgan fingerprint density at radius 1 is 1.71 bits per heavy atom. The molecule has 0 aliphatic carbocycles. The minimum Gasteiger partial charge on any atom is -0.361 e. The molecule has 0 saturated carbocycles. The average molecular weight is 261 g/mol. The third-order valence-electron chi connectivity index (χ3n) is 1.95. The second-order valence-electron chi connectivity index (χ2n) is 3.06. The van der Waals surface area contributed by atoms with Crippen LogP contribution in [0.4, 0.5) is 0 Å². The fourth-order valence-electron chi connectivity index (χ4n) is 1.11. The SMILES string of the molecule is Cc1oncc1C(=O)N(C)CCCBr. The average Bonchev–Trinajstić information content (AvgIpc) is 2.59. The molecule has 78 valence electrons. The van der Waals surface area contributed by atoms with Crippen molar-refractivity contribution in [3.05, 3.63) is 17.5 Å². The number of hydrogen-bond acceptors (Lipinski definition) is 3. The standard InChI is InChI=1S/C9H13BrN2O2/c1-7-8(6-11-14-7)9(13)12(2)5-3-4-10/h6H,3-5H2,1-2H3. The van der Waals surface area contributed by atoms with Crippen LogP contribution in [0.2, 0.25) is 0 Å². The molecule has 1 amide bonds. The van der Waals surface area contributed by atoms with Crippen molar-refractivity contribution in [2.75, 3.05) is 18.9 Å². The molecular weight excluding hydrogens is 248 g/mol. The zero-order valence-corrected chi connectivity index (χ0v) is 9.87. The second kappa shape index (κ2) is 5.14. The smallest absolute Gasteiger partial charge is 0.258 e. The van der Waals surface area contributed by atoms with E-state index in [1.807, 2.05) is 0 Å². The van der Waals surface area contributed by atoms with E-state index >= 15 is 0 Å². The molecule has 14 heavy (non-hydrogen) atoms. The molecular formula is C9H13BrN2O2. The minimum atomic E-state index is -0.0373. The van der Waals surface area contributed by atoms with Gasteiger partial charge in [-0.25, -0.2) is 0 Å². The number of carbonyl (C=O) groups is 1. The summed E-state index contributed by atoms with van der Waals surface area (Å²) in [4.78, 5) is 13.4. The van der Waals surface area contributed by atoms with Crippen LogP contribution in [-0.2, 0) is 0 Å². The topological polar surface area (TPSA) is 46.3 Å². The molecule has 5 heteroatoms. The van der Waals surface area contributed by atoms with Gasteiger partial charge in [0.2, 0.25) is 0 Å². The lowest BCUT2D eigenvalue weighted by atomic mass is 10.2. The molecule has 0 fully saturated rings. The summed E-state index contributed by atoms with van der Waals surface area (Å²) in [6, 6.07) is 0. The van der Waals surface area contributed by atoms with Crippen LogP contribution in [0, 0.1) is 6.92 Å². The number of alkyl halides is 1. The van der Waals surface area contributed by atoms with E-state index in [1.54, 1.807) is 18.9 Å². The van der Waals surface area contributed by atoms with Gasteiger partial charge in [-0.2, -0.15) is 0 Å². The molecule has 1 aromatic rings. The van der Waals surface area contributed by atoms with Gasteiger partial charge in [-0.15, -0.1) is 0 Å². The molecule has 0 aromatic carbocycles.